The Hall–Kier alpha value is -0.470. The van der Waals surface area contributed by atoms with E-state index < -0.39 is 0 Å². The second-order valence-electron chi connectivity index (χ2n) is 7.71. The van der Waals surface area contributed by atoms with Gasteiger partial charge in [0.2, 0.25) is 0 Å². The summed E-state index contributed by atoms with van der Waals surface area (Å²) < 4.78 is 0. The lowest BCUT2D eigenvalue weighted by Gasteiger charge is -2.10. The number of benzene rings is 1. The van der Waals surface area contributed by atoms with E-state index in [1.165, 1.54) is 108 Å². The first-order chi connectivity index (χ1) is 12.3. The molecule has 0 radical (unpaired) electrons. The molecule has 1 atom stereocenters. The van der Waals surface area contributed by atoms with Crippen LogP contribution in [0.1, 0.15) is 109 Å². The van der Waals surface area contributed by atoms with Gasteiger partial charge in [-0.1, -0.05) is 121 Å². The van der Waals surface area contributed by atoms with Crippen LogP contribution in [0, 0.1) is 0 Å². The van der Waals surface area contributed by atoms with Gasteiger partial charge in [0, 0.05) is 5.25 Å². The van der Waals surface area contributed by atoms with Gasteiger partial charge in [0.05, 0.1) is 0 Å². The van der Waals surface area contributed by atoms with Crippen molar-refractivity contribution in [2.24, 2.45) is 0 Å². The Kier molecular flexibility index (Phi) is 18.9. The Balaban J connectivity index is 0.00000625. The maximum Gasteiger partial charge on any atom is 0.00199 e. The van der Waals surface area contributed by atoms with Gasteiger partial charge in [0.25, 0.3) is 0 Å². The summed E-state index contributed by atoms with van der Waals surface area (Å²) in [6, 6.07) is 10.8. The predicted octanol–water partition coefficient (Wildman–Crippen LogP) is 7.57. The fourth-order valence-corrected chi connectivity index (χ4v) is 3.83. The molecular formula is C24H44OS. The Morgan fingerprint density at radius 3 is 1.62 bits per heavy atom. The SMILES string of the molecule is CCCCCCCCCCCCCCCC(S)CCc1ccccc1.O. The molecule has 0 saturated carbocycles. The molecule has 152 valence electrons. The molecule has 1 aromatic rings. The summed E-state index contributed by atoms with van der Waals surface area (Å²) in [6.07, 6.45) is 22.3. The van der Waals surface area contributed by atoms with E-state index >= 15 is 0 Å². The Labute approximate surface area is 169 Å². The second-order valence-corrected chi connectivity index (χ2v) is 8.44. The maximum atomic E-state index is 4.77. The van der Waals surface area contributed by atoms with E-state index in [9.17, 15) is 0 Å². The highest BCUT2D eigenvalue weighted by Gasteiger charge is 2.03. The standard InChI is InChI=1S/C24H42S.H2O/c1-2-3-4-5-6-7-8-9-10-11-12-13-17-20-24(25)22-21-23-18-15-14-16-19-23;/h14-16,18-19,24-25H,2-13,17,20-22H2,1H3;1H2. The third-order valence-corrected chi connectivity index (χ3v) is 5.77. The monoisotopic (exact) mass is 380 g/mol. The quantitative estimate of drug-likeness (QED) is 0.213. The molecule has 1 unspecified atom stereocenters. The van der Waals surface area contributed by atoms with Crippen LogP contribution in [0.2, 0.25) is 0 Å². The van der Waals surface area contributed by atoms with Crippen LogP contribution in [0.5, 0.6) is 0 Å². The topological polar surface area (TPSA) is 31.5 Å². The third-order valence-electron chi connectivity index (χ3n) is 5.25. The molecule has 2 heteroatoms. The van der Waals surface area contributed by atoms with E-state index in [1.54, 1.807) is 0 Å². The number of rotatable bonds is 17. The van der Waals surface area contributed by atoms with Gasteiger partial charge in [0.1, 0.15) is 0 Å². The number of hydrogen-bond donors (Lipinski definition) is 1. The van der Waals surface area contributed by atoms with Crippen LogP contribution in [0.4, 0.5) is 0 Å². The van der Waals surface area contributed by atoms with Gasteiger partial charge < -0.3 is 5.48 Å². The third kappa shape index (κ3) is 15.8. The molecule has 1 aromatic carbocycles. The molecule has 0 aliphatic carbocycles. The van der Waals surface area contributed by atoms with Crippen molar-refractivity contribution in [3.8, 4) is 0 Å². The van der Waals surface area contributed by atoms with Crippen LogP contribution in [-0.4, -0.2) is 10.7 Å². The summed E-state index contributed by atoms with van der Waals surface area (Å²) in [5, 5.41) is 0.577. The summed E-state index contributed by atoms with van der Waals surface area (Å²) in [7, 11) is 0. The first kappa shape index (κ1) is 25.5. The van der Waals surface area contributed by atoms with Crippen molar-refractivity contribution in [2.75, 3.05) is 0 Å². The van der Waals surface area contributed by atoms with Crippen molar-refractivity contribution in [1.82, 2.24) is 0 Å². The molecular weight excluding hydrogens is 336 g/mol. The molecule has 0 bridgehead atoms. The largest absolute Gasteiger partial charge is 0.412 e. The molecule has 0 spiro atoms. The molecule has 0 aliphatic rings. The van der Waals surface area contributed by atoms with Crippen molar-refractivity contribution in [1.29, 1.82) is 0 Å². The Bertz CT molecular complexity index is 379. The number of aryl methyl sites for hydroxylation is 1. The summed E-state index contributed by atoms with van der Waals surface area (Å²) in [5.74, 6) is 0. The van der Waals surface area contributed by atoms with Crippen molar-refractivity contribution < 1.29 is 5.48 Å². The van der Waals surface area contributed by atoms with E-state index in [0.29, 0.717) is 5.25 Å². The Morgan fingerprint density at radius 2 is 1.12 bits per heavy atom. The van der Waals surface area contributed by atoms with Crippen molar-refractivity contribution in [2.45, 2.75) is 115 Å². The van der Waals surface area contributed by atoms with Gasteiger partial charge in [0.15, 0.2) is 0 Å². The van der Waals surface area contributed by atoms with Crippen molar-refractivity contribution in [3.63, 3.8) is 0 Å². The van der Waals surface area contributed by atoms with Crippen molar-refractivity contribution >= 4 is 12.6 Å². The minimum Gasteiger partial charge on any atom is -0.412 e. The highest BCUT2D eigenvalue weighted by molar-refractivity contribution is 7.80. The number of unbranched alkanes of at least 4 members (excludes halogenated alkanes) is 12. The molecule has 1 nitrogen and oxygen atoms in total. The smallest absolute Gasteiger partial charge is 0.00199 e. The van der Waals surface area contributed by atoms with E-state index in [1.807, 2.05) is 0 Å². The van der Waals surface area contributed by atoms with Gasteiger partial charge in [-0.2, -0.15) is 12.6 Å². The van der Waals surface area contributed by atoms with Gasteiger partial charge in [-0.15, -0.1) is 0 Å². The number of thiol groups is 1. The van der Waals surface area contributed by atoms with E-state index in [4.69, 9.17) is 12.6 Å². The minimum absolute atomic E-state index is 0. The predicted molar refractivity (Wildman–Crippen MR) is 121 cm³/mol. The normalized spacial score (nSPS) is 11.9. The molecule has 0 amide bonds. The highest BCUT2D eigenvalue weighted by atomic mass is 32.1. The van der Waals surface area contributed by atoms with Crippen LogP contribution in [0.25, 0.3) is 0 Å². The lowest BCUT2D eigenvalue weighted by molar-refractivity contribution is 0.532. The van der Waals surface area contributed by atoms with Gasteiger partial charge in [-0.25, -0.2) is 0 Å². The van der Waals surface area contributed by atoms with Crippen LogP contribution in [0.3, 0.4) is 0 Å². The fraction of sp³-hybridized carbons (Fsp3) is 0.750. The average molecular weight is 381 g/mol. The van der Waals surface area contributed by atoms with E-state index in [2.05, 4.69) is 37.3 Å². The fourth-order valence-electron chi connectivity index (χ4n) is 3.52. The molecule has 2 N–H and O–H groups in total. The van der Waals surface area contributed by atoms with Crippen molar-refractivity contribution in [3.05, 3.63) is 35.9 Å². The first-order valence-corrected chi connectivity index (χ1v) is 11.6. The summed E-state index contributed by atoms with van der Waals surface area (Å²) >= 11 is 4.77. The Morgan fingerprint density at radius 1 is 0.654 bits per heavy atom. The average Bonchev–Trinajstić information content (AvgIpc) is 2.64. The van der Waals surface area contributed by atoms with Crippen LogP contribution in [-0.2, 0) is 6.42 Å². The highest BCUT2D eigenvalue weighted by Crippen LogP contribution is 2.17. The molecule has 0 heterocycles. The second kappa shape index (κ2) is 19.3. The zero-order valence-electron chi connectivity index (χ0n) is 17.2. The van der Waals surface area contributed by atoms with Gasteiger partial charge >= 0.3 is 0 Å². The molecule has 0 saturated heterocycles. The maximum absolute atomic E-state index is 4.77. The zero-order valence-corrected chi connectivity index (χ0v) is 18.1. The minimum atomic E-state index is 0. The van der Waals surface area contributed by atoms with E-state index in [0.717, 1.165) is 0 Å². The lowest BCUT2D eigenvalue weighted by atomic mass is 10.0. The van der Waals surface area contributed by atoms with E-state index in [-0.39, 0.29) is 5.48 Å². The van der Waals surface area contributed by atoms with Crippen LogP contribution < -0.4 is 0 Å². The van der Waals surface area contributed by atoms with Gasteiger partial charge in [-0.05, 0) is 24.8 Å². The molecule has 1 rings (SSSR count). The molecule has 0 fully saturated rings. The first-order valence-electron chi connectivity index (χ1n) is 11.0. The summed E-state index contributed by atoms with van der Waals surface area (Å²) in [4.78, 5) is 0. The van der Waals surface area contributed by atoms with Crippen LogP contribution >= 0.6 is 12.6 Å². The molecule has 0 aromatic heterocycles. The summed E-state index contributed by atoms with van der Waals surface area (Å²) in [6.45, 7) is 2.29. The number of hydrogen-bond acceptors (Lipinski definition) is 1. The molecule has 0 aliphatic heterocycles. The summed E-state index contributed by atoms with van der Waals surface area (Å²) in [5.41, 5.74) is 1.45. The van der Waals surface area contributed by atoms with Gasteiger partial charge in [-0.3, -0.25) is 0 Å². The lowest BCUT2D eigenvalue weighted by Crippen LogP contribution is -2.01. The van der Waals surface area contributed by atoms with Crippen LogP contribution in [0.15, 0.2) is 30.3 Å². The zero-order chi connectivity index (χ0) is 18.0. The molecule has 26 heavy (non-hydrogen) atoms.